The summed E-state index contributed by atoms with van der Waals surface area (Å²) in [5, 5.41) is 7.79. The van der Waals surface area contributed by atoms with Gasteiger partial charge in [-0.2, -0.15) is 0 Å². The maximum Gasteiger partial charge on any atom is 0.253 e. The molecule has 3 heteroatoms. The molecule has 72 heavy (non-hydrogen) atoms. The third-order valence-electron chi connectivity index (χ3n) is 14.5. The molecule has 0 radical (unpaired) electrons. The highest BCUT2D eigenvalue weighted by Crippen LogP contribution is 2.59. The van der Waals surface area contributed by atoms with Crippen LogP contribution in [-0.2, 0) is 0 Å². The molecule has 0 atom stereocenters. The predicted octanol–water partition coefficient (Wildman–Crippen LogP) is 20.7. The molecule has 12 aromatic rings. The van der Waals surface area contributed by atoms with Crippen LogP contribution in [0.25, 0.3) is 116 Å². The fourth-order valence-electron chi connectivity index (χ4n) is 10.9. The standard InChI is InChI=1S/C69H55O2P/c1-42-20-30-49(31-21-42)60-61(50-32-22-43(2)23-33-50)63(52-36-26-45(4)27-37-52)65(64(53-38-28-46(5)29-39-53)62(60)51-34-24-44(3)25-35-51)58-18-12-13-19-59(58)72-70-68-47(6)40-54-14-8-10-16-56(54)66(68)67-57-17-11-9-15-55(57)41-48(7)69(67)71-72/h8-41H,1-7H3. The van der Waals surface area contributed by atoms with Gasteiger partial charge in [0.05, 0.1) is 5.30 Å². The van der Waals surface area contributed by atoms with Crippen molar-refractivity contribution in [3.63, 3.8) is 0 Å². The summed E-state index contributed by atoms with van der Waals surface area (Å²) < 4.78 is 15.3. The van der Waals surface area contributed by atoms with Gasteiger partial charge in [-0.3, -0.25) is 0 Å². The second kappa shape index (κ2) is 18.2. The summed E-state index contributed by atoms with van der Waals surface area (Å²) >= 11 is 0. The average molecular weight is 947 g/mol. The van der Waals surface area contributed by atoms with Crippen LogP contribution in [0.2, 0.25) is 0 Å². The molecule has 2 nitrogen and oxygen atoms in total. The van der Waals surface area contributed by atoms with E-state index < -0.39 is 8.01 Å². The number of hydrogen-bond acceptors (Lipinski definition) is 2. The van der Waals surface area contributed by atoms with Crippen molar-refractivity contribution < 1.29 is 8.39 Å². The van der Waals surface area contributed by atoms with Crippen molar-refractivity contribution >= 4 is 51.5 Å². The molecule has 0 spiro atoms. The monoisotopic (exact) mass is 946 g/mol. The molecule has 0 aliphatic rings. The summed E-state index contributed by atoms with van der Waals surface area (Å²) in [6, 6.07) is 76.5. The van der Waals surface area contributed by atoms with Crippen molar-refractivity contribution in [3.8, 4) is 72.1 Å². The molecule has 348 valence electrons. The van der Waals surface area contributed by atoms with Gasteiger partial charge < -0.3 is 8.39 Å². The Hall–Kier alpha value is -8.16. The van der Waals surface area contributed by atoms with E-state index in [9.17, 15) is 0 Å². The summed E-state index contributed by atoms with van der Waals surface area (Å²) in [6.45, 7) is 15.2. The van der Waals surface area contributed by atoms with Crippen LogP contribution in [-0.4, -0.2) is 0 Å². The Morgan fingerprint density at radius 3 is 0.931 bits per heavy atom. The quantitative estimate of drug-likeness (QED) is 0.159. The van der Waals surface area contributed by atoms with Gasteiger partial charge in [-0.15, -0.1) is 0 Å². The summed E-state index contributed by atoms with van der Waals surface area (Å²) in [5.41, 5.74) is 23.7. The Kier molecular flexibility index (Phi) is 11.4. The number of rotatable bonds is 7. The minimum absolute atomic E-state index is 0.858. The summed E-state index contributed by atoms with van der Waals surface area (Å²) in [7, 11) is -1.82. The van der Waals surface area contributed by atoms with Crippen molar-refractivity contribution in [3.05, 3.63) is 245 Å². The fraction of sp³-hybridized carbons (Fsp3) is 0.101. The molecule has 0 saturated carbocycles. The van der Waals surface area contributed by atoms with Crippen LogP contribution in [0.4, 0.5) is 0 Å². The second-order valence-corrected chi connectivity index (χ2v) is 21.1. The lowest BCUT2D eigenvalue weighted by Gasteiger charge is -2.29. The Bertz CT molecular complexity index is 3880. The lowest BCUT2D eigenvalue weighted by Crippen LogP contribution is -2.02. The van der Waals surface area contributed by atoms with E-state index in [2.05, 4.69) is 255 Å². The SMILES string of the molecule is Cc1ccc(-c2c(-c3ccc(C)cc3)c(-c3ccc(C)cc3)c(-c3ccccc3-p3oc4c(C)cc5ccccc5c4c4c(o3)c(C)cc3ccccc34)c(-c3ccc(C)cc3)c2-c2ccc(C)cc2)cc1. The maximum atomic E-state index is 7.66. The highest BCUT2D eigenvalue weighted by Gasteiger charge is 2.31. The van der Waals surface area contributed by atoms with Gasteiger partial charge in [-0.1, -0.05) is 216 Å². The van der Waals surface area contributed by atoms with E-state index in [1.54, 1.807) is 0 Å². The predicted molar refractivity (Wildman–Crippen MR) is 308 cm³/mol. The molecule has 0 saturated heterocycles. The number of fused-ring (bicyclic) bond motifs is 7. The number of hydrogen-bond donors (Lipinski definition) is 0. The van der Waals surface area contributed by atoms with E-state index in [0.717, 1.165) is 99.2 Å². The largest absolute Gasteiger partial charge is 0.415 e. The molecule has 0 fully saturated rings. The molecule has 12 rings (SSSR count). The molecule has 11 aromatic carbocycles. The molecular formula is C69H55O2P. The number of benzene rings is 11. The Balaban J connectivity index is 1.34. The van der Waals surface area contributed by atoms with Crippen LogP contribution >= 0.6 is 8.01 Å². The molecule has 0 unspecified atom stereocenters. The molecule has 0 bridgehead atoms. The Labute approximate surface area is 423 Å². The van der Waals surface area contributed by atoms with Crippen LogP contribution in [0, 0.1) is 48.5 Å². The van der Waals surface area contributed by atoms with Crippen molar-refractivity contribution in [2.24, 2.45) is 0 Å². The first-order valence-corrected chi connectivity index (χ1v) is 26.2. The van der Waals surface area contributed by atoms with Crippen LogP contribution in [0.3, 0.4) is 0 Å². The van der Waals surface area contributed by atoms with E-state index in [1.807, 2.05) is 0 Å². The Morgan fingerprint density at radius 1 is 0.292 bits per heavy atom. The van der Waals surface area contributed by atoms with Crippen molar-refractivity contribution in [2.75, 3.05) is 0 Å². The zero-order chi connectivity index (χ0) is 49.2. The second-order valence-electron chi connectivity index (χ2n) is 19.8. The molecule has 0 aliphatic carbocycles. The molecule has 1 aromatic heterocycles. The summed E-state index contributed by atoms with van der Waals surface area (Å²) in [4.78, 5) is 0. The van der Waals surface area contributed by atoms with E-state index in [1.165, 1.54) is 55.3 Å². The zero-order valence-electron chi connectivity index (χ0n) is 41.9. The lowest BCUT2D eigenvalue weighted by atomic mass is 9.74. The van der Waals surface area contributed by atoms with Gasteiger partial charge in [0.2, 0.25) is 0 Å². The van der Waals surface area contributed by atoms with Gasteiger partial charge in [-0.25, -0.2) is 0 Å². The fourth-order valence-corrected chi connectivity index (χ4v) is 12.5. The van der Waals surface area contributed by atoms with Crippen molar-refractivity contribution in [1.29, 1.82) is 0 Å². The van der Waals surface area contributed by atoms with E-state index >= 15 is 0 Å². The highest BCUT2D eigenvalue weighted by atomic mass is 31.1. The van der Waals surface area contributed by atoms with Gasteiger partial charge >= 0.3 is 0 Å². The minimum Gasteiger partial charge on any atom is -0.415 e. The summed E-state index contributed by atoms with van der Waals surface area (Å²) in [6.07, 6.45) is 0. The molecular weight excluding hydrogens is 892 g/mol. The van der Waals surface area contributed by atoms with E-state index in [4.69, 9.17) is 8.39 Å². The molecule has 0 amide bonds. The lowest BCUT2D eigenvalue weighted by molar-refractivity contribution is 0.648. The smallest absolute Gasteiger partial charge is 0.253 e. The van der Waals surface area contributed by atoms with Crippen LogP contribution in [0.5, 0.6) is 0 Å². The van der Waals surface area contributed by atoms with Gasteiger partial charge in [-0.05, 0) is 161 Å². The van der Waals surface area contributed by atoms with E-state index in [-0.39, 0.29) is 0 Å². The maximum absolute atomic E-state index is 7.66. The first-order chi connectivity index (χ1) is 35.1. The minimum atomic E-state index is -1.82. The van der Waals surface area contributed by atoms with Gasteiger partial charge in [0.15, 0.2) is 0 Å². The zero-order valence-corrected chi connectivity index (χ0v) is 42.8. The topological polar surface area (TPSA) is 26.3 Å². The highest BCUT2D eigenvalue weighted by molar-refractivity contribution is 7.46. The van der Waals surface area contributed by atoms with Crippen LogP contribution in [0.1, 0.15) is 38.9 Å². The van der Waals surface area contributed by atoms with Gasteiger partial charge in [0.1, 0.15) is 11.2 Å². The first-order valence-electron chi connectivity index (χ1n) is 25.0. The number of aryl methyl sites for hydroxylation is 7. The van der Waals surface area contributed by atoms with Crippen LogP contribution in [0.15, 0.2) is 215 Å². The van der Waals surface area contributed by atoms with Gasteiger partial charge in [0, 0.05) is 16.3 Å². The molecule has 1 heterocycles. The third kappa shape index (κ3) is 7.84. The third-order valence-corrected chi connectivity index (χ3v) is 16.0. The normalized spacial score (nSPS) is 11.5. The summed E-state index contributed by atoms with van der Waals surface area (Å²) in [5.74, 6) is 0. The first kappa shape index (κ1) is 45.0. The average Bonchev–Trinajstić information content (AvgIpc) is 3.59. The van der Waals surface area contributed by atoms with Crippen LogP contribution < -0.4 is 0 Å². The van der Waals surface area contributed by atoms with Gasteiger partial charge in [0.25, 0.3) is 8.01 Å². The van der Waals surface area contributed by atoms with Crippen molar-refractivity contribution in [1.82, 2.24) is 0 Å². The molecule has 0 N–H and O–H groups in total. The van der Waals surface area contributed by atoms with E-state index in [0.29, 0.717) is 0 Å². The Morgan fingerprint density at radius 2 is 0.583 bits per heavy atom. The van der Waals surface area contributed by atoms with Crippen molar-refractivity contribution in [2.45, 2.75) is 48.5 Å². The molecule has 0 aliphatic heterocycles.